The highest BCUT2D eigenvalue weighted by molar-refractivity contribution is 5.89. The number of benzene rings is 3. The number of rotatable bonds is 3. The summed E-state index contributed by atoms with van der Waals surface area (Å²) in [5, 5.41) is 0.875. The van der Waals surface area contributed by atoms with E-state index in [0.717, 1.165) is 22.0 Å². The van der Waals surface area contributed by atoms with Gasteiger partial charge in [0.2, 0.25) is 0 Å². The molecule has 0 fully saturated rings. The first-order chi connectivity index (χ1) is 11.8. The quantitative estimate of drug-likeness (QED) is 0.579. The van der Waals surface area contributed by atoms with Gasteiger partial charge in [0.15, 0.2) is 0 Å². The molecule has 0 aliphatic heterocycles. The third kappa shape index (κ3) is 2.79. The Morgan fingerprint density at radius 3 is 2.17 bits per heavy atom. The van der Waals surface area contributed by atoms with Crippen LogP contribution in [0.25, 0.3) is 22.0 Å². The highest BCUT2D eigenvalue weighted by Crippen LogP contribution is 2.31. The van der Waals surface area contributed by atoms with Gasteiger partial charge < -0.3 is 9.72 Å². The summed E-state index contributed by atoms with van der Waals surface area (Å²) in [5.74, 6) is 1.26. The zero-order chi connectivity index (χ0) is 16.4. The number of pyridine rings is 1. The summed E-state index contributed by atoms with van der Waals surface area (Å²) in [4.78, 5) is 14.8. The van der Waals surface area contributed by atoms with E-state index < -0.39 is 0 Å². The number of hydrogen-bond acceptors (Lipinski definition) is 2. The predicted octanol–water partition coefficient (Wildman–Crippen LogP) is 4.99. The van der Waals surface area contributed by atoms with Gasteiger partial charge in [0.05, 0.1) is 5.52 Å². The third-order valence-corrected chi connectivity index (χ3v) is 3.88. The lowest BCUT2D eigenvalue weighted by Gasteiger charge is -2.10. The van der Waals surface area contributed by atoms with Gasteiger partial charge in [-0.25, -0.2) is 0 Å². The Bertz CT molecular complexity index is 1040. The van der Waals surface area contributed by atoms with Gasteiger partial charge in [0.1, 0.15) is 11.5 Å². The van der Waals surface area contributed by atoms with E-state index in [2.05, 4.69) is 17.1 Å². The summed E-state index contributed by atoms with van der Waals surface area (Å²) in [5.41, 5.74) is 2.78. The fraction of sp³-hybridized carbons (Fsp3) is 0. The Morgan fingerprint density at radius 2 is 1.42 bits per heavy atom. The van der Waals surface area contributed by atoms with Crippen molar-refractivity contribution in [2.75, 3.05) is 0 Å². The molecule has 1 aromatic heterocycles. The summed E-state index contributed by atoms with van der Waals surface area (Å²) in [6.45, 7) is 0. The largest absolute Gasteiger partial charge is 0.456 e. The molecule has 116 valence electrons. The molecule has 0 aliphatic rings. The molecule has 4 aromatic rings. The van der Waals surface area contributed by atoms with Crippen LogP contribution in [0.2, 0.25) is 0 Å². The number of aromatic nitrogens is 1. The molecule has 0 unspecified atom stereocenters. The Kier molecular flexibility index (Phi) is 3.60. The first kappa shape index (κ1) is 14.3. The average molecular weight is 313 g/mol. The summed E-state index contributed by atoms with van der Waals surface area (Å²) < 4.78 is 5.94. The highest BCUT2D eigenvalue weighted by Gasteiger charge is 2.08. The van der Waals surface area contributed by atoms with Crippen LogP contribution in [0.1, 0.15) is 0 Å². The summed E-state index contributed by atoms with van der Waals surface area (Å²) in [6, 6.07) is 27.0. The maximum absolute atomic E-state index is 11.9. The molecule has 0 radical (unpaired) electrons. The monoisotopic (exact) mass is 313 g/mol. The molecule has 0 atom stereocenters. The second-order valence-corrected chi connectivity index (χ2v) is 5.54. The first-order valence-electron chi connectivity index (χ1n) is 7.75. The fourth-order valence-corrected chi connectivity index (χ4v) is 2.73. The maximum Gasteiger partial charge on any atom is 0.252 e. The van der Waals surface area contributed by atoms with Crippen LogP contribution in [-0.2, 0) is 0 Å². The number of aromatic amines is 1. The first-order valence-corrected chi connectivity index (χ1v) is 7.75. The van der Waals surface area contributed by atoms with E-state index in [1.807, 2.05) is 66.7 Å². The van der Waals surface area contributed by atoms with Gasteiger partial charge in [-0.3, -0.25) is 4.79 Å². The predicted molar refractivity (Wildman–Crippen MR) is 96.5 cm³/mol. The standard InChI is InChI=1S/C21H15NO2/c23-21-14-20(24-17-9-5-2-6-10-17)18-13-16(11-12-19(18)22-21)15-7-3-1-4-8-15/h1-14H,(H,22,23). The molecule has 0 bridgehead atoms. The van der Waals surface area contributed by atoms with Crippen molar-refractivity contribution in [1.82, 2.24) is 4.98 Å². The van der Waals surface area contributed by atoms with Crippen LogP contribution in [0.15, 0.2) is 89.7 Å². The molecule has 0 amide bonds. The minimum Gasteiger partial charge on any atom is -0.456 e. The topological polar surface area (TPSA) is 42.1 Å². The van der Waals surface area contributed by atoms with Gasteiger partial charge in [-0.15, -0.1) is 0 Å². The Morgan fingerprint density at radius 1 is 0.708 bits per heavy atom. The van der Waals surface area contributed by atoms with E-state index >= 15 is 0 Å². The lowest BCUT2D eigenvalue weighted by Crippen LogP contribution is -2.04. The summed E-state index contributed by atoms with van der Waals surface area (Å²) >= 11 is 0. The number of hydrogen-bond donors (Lipinski definition) is 1. The SMILES string of the molecule is O=c1cc(Oc2ccccc2)c2cc(-c3ccccc3)ccc2[nH]1. The molecule has 1 heterocycles. The zero-order valence-electron chi connectivity index (χ0n) is 12.9. The molecule has 0 saturated heterocycles. The van der Waals surface area contributed by atoms with Crippen LogP contribution < -0.4 is 10.3 Å². The van der Waals surface area contributed by atoms with Crippen LogP contribution in [0.3, 0.4) is 0 Å². The summed E-state index contributed by atoms with van der Waals surface area (Å²) in [7, 11) is 0. The van der Waals surface area contributed by atoms with Gasteiger partial charge in [-0.2, -0.15) is 0 Å². The second-order valence-electron chi connectivity index (χ2n) is 5.54. The number of para-hydroxylation sites is 1. The number of fused-ring (bicyclic) bond motifs is 1. The molecule has 24 heavy (non-hydrogen) atoms. The molecule has 3 nitrogen and oxygen atoms in total. The van der Waals surface area contributed by atoms with Gasteiger partial charge in [-0.1, -0.05) is 54.6 Å². The van der Waals surface area contributed by atoms with Crippen LogP contribution in [0.5, 0.6) is 11.5 Å². The molecular formula is C21H15NO2. The van der Waals surface area contributed by atoms with E-state index in [1.54, 1.807) is 0 Å². The molecule has 3 heteroatoms. The van der Waals surface area contributed by atoms with Gasteiger partial charge in [0.25, 0.3) is 5.56 Å². The van der Waals surface area contributed by atoms with Crippen molar-refractivity contribution in [3.8, 4) is 22.6 Å². The van der Waals surface area contributed by atoms with Crippen LogP contribution in [0.4, 0.5) is 0 Å². The van der Waals surface area contributed by atoms with Crippen molar-refractivity contribution >= 4 is 10.9 Å². The van der Waals surface area contributed by atoms with E-state index in [1.165, 1.54) is 6.07 Å². The number of H-pyrrole nitrogens is 1. The number of nitrogens with one attached hydrogen (secondary N) is 1. The Balaban J connectivity index is 1.87. The fourth-order valence-electron chi connectivity index (χ4n) is 2.73. The lowest BCUT2D eigenvalue weighted by atomic mass is 10.0. The van der Waals surface area contributed by atoms with E-state index in [9.17, 15) is 4.79 Å². The highest BCUT2D eigenvalue weighted by atomic mass is 16.5. The van der Waals surface area contributed by atoms with E-state index in [0.29, 0.717) is 11.5 Å². The molecule has 3 aromatic carbocycles. The normalized spacial score (nSPS) is 10.7. The molecule has 0 saturated carbocycles. The molecular weight excluding hydrogens is 298 g/mol. The third-order valence-electron chi connectivity index (χ3n) is 3.88. The molecule has 0 aliphatic carbocycles. The van der Waals surface area contributed by atoms with Crippen molar-refractivity contribution in [3.05, 3.63) is 95.3 Å². The smallest absolute Gasteiger partial charge is 0.252 e. The van der Waals surface area contributed by atoms with Crippen molar-refractivity contribution < 1.29 is 4.74 Å². The summed E-state index contributed by atoms with van der Waals surface area (Å²) in [6.07, 6.45) is 0. The Hall–Kier alpha value is -3.33. The van der Waals surface area contributed by atoms with Crippen LogP contribution >= 0.6 is 0 Å². The number of ether oxygens (including phenoxy) is 1. The minimum atomic E-state index is -0.180. The minimum absolute atomic E-state index is 0.180. The Labute approximate surface area is 139 Å². The maximum atomic E-state index is 11.9. The van der Waals surface area contributed by atoms with Crippen LogP contribution in [-0.4, -0.2) is 4.98 Å². The second kappa shape index (κ2) is 6.05. The van der Waals surface area contributed by atoms with Crippen molar-refractivity contribution in [1.29, 1.82) is 0 Å². The zero-order valence-corrected chi connectivity index (χ0v) is 12.9. The van der Waals surface area contributed by atoms with Gasteiger partial charge in [0, 0.05) is 11.5 Å². The van der Waals surface area contributed by atoms with Gasteiger partial charge >= 0.3 is 0 Å². The molecule has 1 N–H and O–H groups in total. The van der Waals surface area contributed by atoms with Crippen LogP contribution in [0, 0.1) is 0 Å². The van der Waals surface area contributed by atoms with E-state index in [-0.39, 0.29) is 5.56 Å². The van der Waals surface area contributed by atoms with Crippen molar-refractivity contribution in [2.45, 2.75) is 0 Å². The molecule has 4 rings (SSSR count). The van der Waals surface area contributed by atoms with Crippen molar-refractivity contribution in [2.24, 2.45) is 0 Å². The molecule has 0 spiro atoms. The lowest BCUT2D eigenvalue weighted by molar-refractivity contribution is 0.487. The average Bonchev–Trinajstić information content (AvgIpc) is 2.63. The van der Waals surface area contributed by atoms with Crippen molar-refractivity contribution in [3.63, 3.8) is 0 Å². The van der Waals surface area contributed by atoms with Gasteiger partial charge in [-0.05, 0) is 35.4 Å². The van der Waals surface area contributed by atoms with E-state index in [4.69, 9.17) is 4.74 Å².